The van der Waals surface area contributed by atoms with Crippen LogP contribution in [-0.4, -0.2) is 15.8 Å². The van der Waals surface area contributed by atoms with Gasteiger partial charge in [0, 0.05) is 29.0 Å². The number of nitrogens with zero attached hydrogens (tertiary/aromatic N) is 2. The van der Waals surface area contributed by atoms with Gasteiger partial charge in [0.2, 0.25) is 0 Å². The molecule has 0 saturated heterocycles. The number of amides is 1. The summed E-state index contributed by atoms with van der Waals surface area (Å²) in [4.78, 5) is 26.4. The molecule has 0 fully saturated rings. The number of aromatic nitrogens is 1. The van der Waals surface area contributed by atoms with E-state index >= 15 is 0 Å². The minimum absolute atomic E-state index is 0.0645. The highest BCUT2D eigenvalue weighted by Gasteiger charge is 2.06. The van der Waals surface area contributed by atoms with Crippen molar-refractivity contribution < 1.29 is 9.72 Å². The van der Waals surface area contributed by atoms with Crippen molar-refractivity contribution in [2.45, 2.75) is 10.6 Å². The molecule has 0 radical (unpaired) electrons. The molecule has 0 aliphatic heterocycles. The van der Waals surface area contributed by atoms with Gasteiger partial charge in [0.05, 0.1) is 16.2 Å². The molecule has 2 aromatic rings. The summed E-state index contributed by atoms with van der Waals surface area (Å²) in [6.07, 6.45) is 1.45. The molecular weight excluding hydrogens is 292 g/mol. The average molecular weight is 304 g/mol. The van der Waals surface area contributed by atoms with E-state index in [0.717, 1.165) is 10.6 Å². The summed E-state index contributed by atoms with van der Waals surface area (Å²) < 4.78 is 0. The van der Waals surface area contributed by atoms with Crippen LogP contribution in [0.3, 0.4) is 0 Å². The SMILES string of the molecule is NNC(=O)c1ccc(CSc2ccc([N+](=O)[O-])cc2)nc1. The number of carbonyl (C=O) groups is 1. The van der Waals surface area contributed by atoms with Crippen LogP contribution in [0.5, 0.6) is 0 Å². The number of non-ortho nitro benzene ring substituents is 1. The topological polar surface area (TPSA) is 111 Å². The average Bonchev–Trinajstić information content (AvgIpc) is 2.53. The minimum Gasteiger partial charge on any atom is -0.290 e. The number of nitrogens with one attached hydrogen (secondary N) is 1. The van der Waals surface area contributed by atoms with Gasteiger partial charge in [0.1, 0.15) is 0 Å². The van der Waals surface area contributed by atoms with Crippen LogP contribution in [0.15, 0.2) is 47.5 Å². The van der Waals surface area contributed by atoms with Crippen molar-refractivity contribution in [1.82, 2.24) is 10.4 Å². The first-order chi connectivity index (χ1) is 10.1. The van der Waals surface area contributed by atoms with Crippen LogP contribution in [0.25, 0.3) is 0 Å². The second-order valence-corrected chi connectivity index (χ2v) is 5.10. The molecule has 3 N–H and O–H groups in total. The number of nitro benzene ring substituents is 1. The van der Waals surface area contributed by atoms with Gasteiger partial charge in [-0.05, 0) is 24.3 Å². The molecule has 2 rings (SSSR count). The Balaban J connectivity index is 1.96. The van der Waals surface area contributed by atoms with Crippen molar-refractivity contribution in [3.05, 3.63) is 64.0 Å². The van der Waals surface area contributed by atoms with E-state index in [-0.39, 0.29) is 5.69 Å². The number of pyridine rings is 1. The molecule has 0 atom stereocenters. The molecule has 7 nitrogen and oxygen atoms in total. The molecule has 108 valence electrons. The van der Waals surface area contributed by atoms with Crippen molar-refractivity contribution in [3.8, 4) is 0 Å². The first-order valence-electron chi connectivity index (χ1n) is 5.93. The second-order valence-electron chi connectivity index (χ2n) is 4.05. The molecule has 1 aromatic heterocycles. The maximum absolute atomic E-state index is 11.3. The van der Waals surface area contributed by atoms with E-state index in [4.69, 9.17) is 5.84 Å². The zero-order valence-corrected chi connectivity index (χ0v) is 11.7. The largest absolute Gasteiger partial charge is 0.290 e. The summed E-state index contributed by atoms with van der Waals surface area (Å²) >= 11 is 1.50. The van der Waals surface area contributed by atoms with E-state index in [9.17, 15) is 14.9 Å². The predicted octanol–water partition coefficient (Wildman–Crippen LogP) is 1.89. The fraction of sp³-hybridized carbons (Fsp3) is 0.0769. The predicted molar refractivity (Wildman–Crippen MR) is 78.5 cm³/mol. The number of carbonyl (C=O) groups excluding carboxylic acids is 1. The monoisotopic (exact) mass is 304 g/mol. The first kappa shape index (κ1) is 14.9. The lowest BCUT2D eigenvalue weighted by Gasteiger charge is -2.03. The van der Waals surface area contributed by atoms with Crippen LogP contribution < -0.4 is 11.3 Å². The smallest absolute Gasteiger partial charge is 0.269 e. The molecule has 1 aromatic carbocycles. The van der Waals surface area contributed by atoms with Gasteiger partial charge < -0.3 is 0 Å². The van der Waals surface area contributed by atoms with E-state index in [1.54, 1.807) is 24.3 Å². The molecule has 0 spiro atoms. The Morgan fingerprint density at radius 1 is 1.29 bits per heavy atom. The highest BCUT2D eigenvalue weighted by Crippen LogP contribution is 2.24. The summed E-state index contributed by atoms with van der Waals surface area (Å²) in [5.74, 6) is 5.24. The quantitative estimate of drug-likeness (QED) is 0.287. The normalized spacial score (nSPS) is 10.1. The van der Waals surface area contributed by atoms with Crippen LogP contribution in [0.4, 0.5) is 5.69 Å². The van der Waals surface area contributed by atoms with Crippen molar-refractivity contribution in [2.24, 2.45) is 5.84 Å². The van der Waals surface area contributed by atoms with Crippen LogP contribution in [0.2, 0.25) is 0 Å². The number of benzene rings is 1. The van der Waals surface area contributed by atoms with Crippen molar-refractivity contribution in [3.63, 3.8) is 0 Å². The minimum atomic E-state index is -0.433. The first-order valence-corrected chi connectivity index (χ1v) is 6.92. The van der Waals surface area contributed by atoms with E-state index in [1.807, 2.05) is 5.43 Å². The number of nitrogens with two attached hydrogens (primary N) is 1. The fourth-order valence-electron chi connectivity index (χ4n) is 1.55. The molecule has 21 heavy (non-hydrogen) atoms. The number of nitro groups is 1. The molecular formula is C13H12N4O3S. The zero-order chi connectivity index (χ0) is 15.2. The molecule has 1 heterocycles. The van der Waals surface area contributed by atoms with Crippen LogP contribution in [-0.2, 0) is 5.75 Å². The molecule has 8 heteroatoms. The molecule has 0 aliphatic rings. The number of thioether (sulfide) groups is 1. The third kappa shape index (κ3) is 4.01. The third-order valence-electron chi connectivity index (χ3n) is 2.65. The zero-order valence-electron chi connectivity index (χ0n) is 10.9. The van der Waals surface area contributed by atoms with Gasteiger partial charge in [-0.2, -0.15) is 0 Å². The molecule has 0 bridgehead atoms. The van der Waals surface area contributed by atoms with Crippen LogP contribution in [0, 0.1) is 10.1 Å². The number of hydrazine groups is 1. The van der Waals surface area contributed by atoms with Crippen LogP contribution in [0.1, 0.15) is 16.1 Å². The highest BCUT2D eigenvalue weighted by atomic mass is 32.2. The van der Waals surface area contributed by atoms with Gasteiger partial charge in [-0.15, -0.1) is 11.8 Å². The van der Waals surface area contributed by atoms with Gasteiger partial charge in [-0.3, -0.25) is 25.3 Å². The van der Waals surface area contributed by atoms with Crippen LogP contribution >= 0.6 is 11.8 Å². The Labute approximate surface area is 124 Å². The van der Waals surface area contributed by atoms with Gasteiger partial charge in [0.15, 0.2) is 0 Å². The fourth-order valence-corrected chi connectivity index (χ4v) is 2.36. The Morgan fingerprint density at radius 3 is 2.52 bits per heavy atom. The summed E-state index contributed by atoms with van der Waals surface area (Å²) in [5.41, 5.74) is 3.29. The summed E-state index contributed by atoms with van der Waals surface area (Å²) in [6, 6.07) is 9.69. The Morgan fingerprint density at radius 2 is 2.00 bits per heavy atom. The Kier molecular flexibility index (Phi) is 4.85. The number of nitrogen functional groups attached to an aromatic ring is 1. The molecule has 0 saturated carbocycles. The lowest BCUT2D eigenvalue weighted by molar-refractivity contribution is -0.384. The van der Waals surface area contributed by atoms with Gasteiger partial charge >= 0.3 is 0 Å². The highest BCUT2D eigenvalue weighted by molar-refractivity contribution is 7.98. The van der Waals surface area contributed by atoms with E-state index < -0.39 is 10.8 Å². The molecule has 0 aliphatic carbocycles. The molecule has 0 unspecified atom stereocenters. The number of hydrogen-bond donors (Lipinski definition) is 2. The van der Waals surface area contributed by atoms with E-state index in [1.165, 1.54) is 30.1 Å². The second kappa shape index (κ2) is 6.82. The van der Waals surface area contributed by atoms with Gasteiger partial charge in [-0.25, -0.2) is 5.84 Å². The lowest BCUT2D eigenvalue weighted by atomic mass is 10.2. The number of hydrogen-bond acceptors (Lipinski definition) is 6. The van der Waals surface area contributed by atoms with Crippen molar-refractivity contribution >= 4 is 23.4 Å². The van der Waals surface area contributed by atoms with Gasteiger partial charge in [0.25, 0.3) is 11.6 Å². The maximum atomic E-state index is 11.3. The number of rotatable bonds is 5. The standard InChI is InChI=1S/C13H12N4O3S/c14-16-13(18)9-1-2-10(15-7-9)8-21-12-5-3-11(4-6-12)17(19)20/h1-7H,8,14H2,(H,16,18). The Hall–Kier alpha value is -2.45. The third-order valence-corrected chi connectivity index (χ3v) is 3.70. The summed E-state index contributed by atoms with van der Waals surface area (Å²) in [7, 11) is 0. The van der Waals surface area contributed by atoms with Crippen molar-refractivity contribution in [1.29, 1.82) is 0 Å². The van der Waals surface area contributed by atoms with E-state index in [0.29, 0.717) is 11.3 Å². The Bertz CT molecular complexity index is 643. The maximum Gasteiger partial charge on any atom is 0.269 e. The summed E-state index contributed by atoms with van der Waals surface area (Å²) in [5, 5.41) is 10.6. The van der Waals surface area contributed by atoms with Crippen molar-refractivity contribution in [2.75, 3.05) is 0 Å². The van der Waals surface area contributed by atoms with E-state index in [2.05, 4.69) is 4.98 Å². The lowest BCUT2D eigenvalue weighted by Crippen LogP contribution is -2.30. The molecule has 1 amide bonds. The van der Waals surface area contributed by atoms with Gasteiger partial charge in [-0.1, -0.05) is 0 Å². The summed E-state index contributed by atoms with van der Waals surface area (Å²) in [6.45, 7) is 0.